The molecular weight excluding hydrogens is 424 g/mol. The van der Waals surface area contributed by atoms with E-state index in [1.807, 2.05) is 18.2 Å². The fourth-order valence-corrected chi connectivity index (χ4v) is 3.73. The minimum absolute atomic E-state index is 0.354. The third-order valence-electron chi connectivity index (χ3n) is 4.62. The fourth-order valence-electron chi connectivity index (χ4n) is 3.09. The molecule has 156 valence electrons. The van der Waals surface area contributed by atoms with Crippen LogP contribution in [0, 0.1) is 11.6 Å². The summed E-state index contributed by atoms with van der Waals surface area (Å²) in [5, 5.41) is 8.62. The van der Waals surface area contributed by atoms with Gasteiger partial charge in [0.25, 0.3) is 5.22 Å². The van der Waals surface area contributed by atoms with Crippen molar-refractivity contribution >= 4 is 23.9 Å². The summed E-state index contributed by atoms with van der Waals surface area (Å²) in [4.78, 5) is 4.34. The van der Waals surface area contributed by atoms with E-state index in [0.717, 1.165) is 35.4 Å². The van der Waals surface area contributed by atoms with Crippen molar-refractivity contribution in [3.05, 3.63) is 77.0 Å². The number of halogens is 2. The van der Waals surface area contributed by atoms with Crippen LogP contribution in [0.3, 0.4) is 0 Å². The van der Waals surface area contributed by atoms with Crippen LogP contribution in [0.15, 0.2) is 56.7 Å². The summed E-state index contributed by atoms with van der Waals surface area (Å²) in [6.07, 6.45) is 5.58. The third-order valence-corrected chi connectivity index (χ3v) is 5.47. The predicted octanol–water partition coefficient (Wildman–Crippen LogP) is 5.40. The van der Waals surface area contributed by atoms with Crippen molar-refractivity contribution in [3.63, 3.8) is 0 Å². The Morgan fingerprint density at radius 1 is 1.03 bits per heavy atom. The molecule has 1 aliphatic rings. The van der Waals surface area contributed by atoms with Crippen molar-refractivity contribution < 1.29 is 22.4 Å². The van der Waals surface area contributed by atoms with E-state index in [1.165, 1.54) is 24.1 Å². The lowest BCUT2D eigenvalue weighted by atomic mass is 10.1. The highest BCUT2D eigenvalue weighted by molar-refractivity contribution is 7.98. The highest BCUT2D eigenvalue weighted by Gasteiger charge is 2.16. The van der Waals surface area contributed by atoms with Crippen LogP contribution in [0.5, 0.6) is 5.75 Å². The van der Waals surface area contributed by atoms with Gasteiger partial charge in [-0.2, -0.15) is 0 Å². The summed E-state index contributed by atoms with van der Waals surface area (Å²) in [5.74, 6) is 0.390. The molecule has 0 bridgehead atoms. The molecule has 6 nitrogen and oxygen atoms in total. The maximum atomic E-state index is 13.3. The standard InChI is InChI=1S/C22H15F2N3O3S/c23-17-4-1-13(9-18(17)24)2-6-20-25-16(11-29-20)12-31-22-27-26-21(30-22)15-3-5-19-14(10-15)7-8-28-19/h1-6,9-11H,7-8,12H2. The van der Waals surface area contributed by atoms with E-state index in [9.17, 15) is 8.78 Å². The lowest BCUT2D eigenvalue weighted by molar-refractivity contribution is 0.357. The number of rotatable bonds is 6. The molecule has 2 aromatic heterocycles. The second-order valence-electron chi connectivity index (χ2n) is 6.77. The highest BCUT2D eigenvalue weighted by Crippen LogP contribution is 2.31. The van der Waals surface area contributed by atoms with E-state index in [-0.39, 0.29) is 0 Å². The van der Waals surface area contributed by atoms with E-state index in [0.29, 0.717) is 40.6 Å². The Labute approximate surface area is 180 Å². The average molecular weight is 439 g/mol. The molecule has 0 saturated carbocycles. The Balaban J connectivity index is 1.21. The number of aromatic nitrogens is 3. The largest absolute Gasteiger partial charge is 0.493 e. The monoisotopic (exact) mass is 439 g/mol. The Morgan fingerprint density at radius 3 is 2.87 bits per heavy atom. The van der Waals surface area contributed by atoms with Gasteiger partial charge in [0, 0.05) is 23.8 Å². The second kappa shape index (κ2) is 8.35. The van der Waals surface area contributed by atoms with Crippen LogP contribution in [0.2, 0.25) is 0 Å². The molecule has 0 fully saturated rings. The summed E-state index contributed by atoms with van der Waals surface area (Å²) in [7, 11) is 0. The van der Waals surface area contributed by atoms with Gasteiger partial charge in [0.2, 0.25) is 11.8 Å². The van der Waals surface area contributed by atoms with Crippen molar-refractivity contribution in [2.45, 2.75) is 17.4 Å². The number of thioether (sulfide) groups is 1. The van der Waals surface area contributed by atoms with Crippen LogP contribution in [-0.2, 0) is 12.2 Å². The van der Waals surface area contributed by atoms with Gasteiger partial charge in [-0.3, -0.25) is 0 Å². The van der Waals surface area contributed by atoms with Crippen LogP contribution in [-0.4, -0.2) is 21.8 Å². The Bertz CT molecular complexity index is 1270. The van der Waals surface area contributed by atoms with Crippen LogP contribution in [0.25, 0.3) is 23.6 Å². The molecule has 4 aromatic rings. The third kappa shape index (κ3) is 4.36. The maximum absolute atomic E-state index is 13.3. The predicted molar refractivity (Wildman–Crippen MR) is 110 cm³/mol. The molecule has 0 radical (unpaired) electrons. The van der Waals surface area contributed by atoms with Crippen molar-refractivity contribution in [1.29, 1.82) is 0 Å². The molecule has 0 amide bonds. The van der Waals surface area contributed by atoms with Gasteiger partial charge in [-0.05, 0) is 47.5 Å². The van der Waals surface area contributed by atoms with Crippen LogP contribution in [0.4, 0.5) is 8.78 Å². The summed E-state index contributed by atoms with van der Waals surface area (Å²) >= 11 is 1.34. The number of oxazole rings is 1. The number of fused-ring (bicyclic) bond motifs is 1. The fraction of sp³-hybridized carbons (Fsp3) is 0.136. The first-order valence-electron chi connectivity index (χ1n) is 9.44. The molecule has 0 aliphatic carbocycles. The first kappa shape index (κ1) is 19.5. The molecule has 5 rings (SSSR count). The number of nitrogens with zero attached hydrogens (tertiary/aromatic N) is 3. The van der Waals surface area contributed by atoms with E-state index < -0.39 is 11.6 Å². The van der Waals surface area contributed by atoms with E-state index in [4.69, 9.17) is 13.6 Å². The molecule has 31 heavy (non-hydrogen) atoms. The maximum Gasteiger partial charge on any atom is 0.277 e. The Kier molecular flexibility index (Phi) is 5.25. The lowest BCUT2D eigenvalue weighted by Gasteiger charge is -1.99. The molecular formula is C22H15F2N3O3S. The van der Waals surface area contributed by atoms with Gasteiger partial charge < -0.3 is 13.6 Å². The Morgan fingerprint density at radius 2 is 1.97 bits per heavy atom. The zero-order valence-corrected chi connectivity index (χ0v) is 16.9. The molecule has 0 spiro atoms. The van der Waals surface area contributed by atoms with Crippen LogP contribution >= 0.6 is 11.8 Å². The molecule has 0 unspecified atom stereocenters. The van der Waals surface area contributed by atoms with E-state index in [2.05, 4.69) is 15.2 Å². The van der Waals surface area contributed by atoms with Gasteiger partial charge in [0.1, 0.15) is 12.0 Å². The highest BCUT2D eigenvalue weighted by atomic mass is 32.2. The Hall–Kier alpha value is -3.46. The molecule has 0 N–H and O–H groups in total. The number of benzene rings is 2. The van der Waals surface area contributed by atoms with Crippen molar-refractivity contribution in [3.8, 4) is 17.2 Å². The summed E-state index contributed by atoms with van der Waals surface area (Å²) in [6, 6.07) is 9.46. The summed E-state index contributed by atoms with van der Waals surface area (Å²) < 4.78 is 42.9. The molecule has 0 saturated heterocycles. The van der Waals surface area contributed by atoms with Gasteiger partial charge >= 0.3 is 0 Å². The quantitative estimate of drug-likeness (QED) is 0.372. The molecule has 0 atom stereocenters. The topological polar surface area (TPSA) is 74.2 Å². The SMILES string of the molecule is Fc1ccc(C=Cc2nc(CSc3nnc(-c4ccc5c(c4)CCO5)o3)co2)cc1F. The minimum atomic E-state index is -0.904. The average Bonchev–Trinajstić information content (AvgIpc) is 3.53. The van der Waals surface area contributed by atoms with E-state index in [1.54, 1.807) is 12.2 Å². The van der Waals surface area contributed by atoms with Gasteiger partial charge in [0.05, 0.1) is 12.3 Å². The van der Waals surface area contributed by atoms with E-state index >= 15 is 0 Å². The summed E-state index contributed by atoms with van der Waals surface area (Å²) in [5.41, 5.74) is 3.18. The lowest BCUT2D eigenvalue weighted by Crippen LogP contribution is -1.85. The number of ether oxygens (including phenoxy) is 1. The van der Waals surface area contributed by atoms with Crippen molar-refractivity contribution in [2.24, 2.45) is 0 Å². The van der Waals surface area contributed by atoms with Gasteiger partial charge in [0.15, 0.2) is 11.6 Å². The minimum Gasteiger partial charge on any atom is -0.493 e. The normalized spacial score (nSPS) is 13.0. The molecule has 3 heterocycles. The zero-order valence-electron chi connectivity index (χ0n) is 16.0. The van der Waals surface area contributed by atoms with Gasteiger partial charge in [-0.15, -0.1) is 10.2 Å². The van der Waals surface area contributed by atoms with Gasteiger partial charge in [-0.1, -0.05) is 17.8 Å². The first-order chi connectivity index (χ1) is 15.1. The van der Waals surface area contributed by atoms with Gasteiger partial charge in [-0.25, -0.2) is 13.8 Å². The van der Waals surface area contributed by atoms with Crippen molar-refractivity contribution in [1.82, 2.24) is 15.2 Å². The van der Waals surface area contributed by atoms with Crippen LogP contribution < -0.4 is 4.74 Å². The molecule has 2 aromatic carbocycles. The molecule has 1 aliphatic heterocycles. The molecule has 9 heteroatoms. The summed E-state index contributed by atoms with van der Waals surface area (Å²) in [6.45, 7) is 0.694. The second-order valence-corrected chi connectivity index (χ2v) is 7.69. The first-order valence-corrected chi connectivity index (χ1v) is 10.4. The number of hydrogen-bond donors (Lipinski definition) is 0. The van der Waals surface area contributed by atoms with Crippen LogP contribution in [0.1, 0.15) is 22.7 Å². The number of hydrogen-bond acceptors (Lipinski definition) is 7. The van der Waals surface area contributed by atoms with Crippen molar-refractivity contribution in [2.75, 3.05) is 6.61 Å². The smallest absolute Gasteiger partial charge is 0.277 e. The zero-order chi connectivity index (χ0) is 21.2.